The van der Waals surface area contributed by atoms with E-state index in [2.05, 4.69) is 22.3 Å². The fourth-order valence-electron chi connectivity index (χ4n) is 2.06. The zero-order valence-corrected chi connectivity index (χ0v) is 12.9. The van der Waals surface area contributed by atoms with Crippen molar-refractivity contribution in [1.29, 1.82) is 0 Å². The first kappa shape index (κ1) is 15.1. The molecule has 1 radical (unpaired) electrons. The predicted octanol–water partition coefficient (Wildman–Crippen LogP) is 3.01. The molecule has 0 saturated carbocycles. The Bertz CT molecular complexity index is 609. The number of hydrogen-bond donors (Lipinski definition) is 1. The summed E-state index contributed by atoms with van der Waals surface area (Å²) >= 11 is 6.22. The Morgan fingerprint density at radius 1 is 1.35 bits per heavy atom. The summed E-state index contributed by atoms with van der Waals surface area (Å²) in [6.07, 6.45) is 0.782. The van der Waals surface area contributed by atoms with E-state index in [9.17, 15) is 0 Å². The molecule has 2 aromatic heterocycles. The molecule has 2 aromatic rings. The van der Waals surface area contributed by atoms with E-state index in [4.69, 9.17) is 16.3 Å². The van der Waals surface area contributed by atoms with Crippen molar-refractivity contribution in [1.82, 2.24) is 14.6 Å². The molecule has 0 fully saturated rings. The molecule has 1 N–H and O–H groups in total. The van der Waals surface area contributed by atoms with Crippen LogP contribution in [0.5, 0.6) is 0 Å². The Morgan fingerprint density at radius 3 is 2.75 bits per heavy atom. The molecule has 0 aliphatic rings. The summed E-state index contributed by atoms with van der Waals surface area (Å²) in [7, 11) is 0. The molecule has 20 heavy (non-hydrogen) atoms. The summed E-state index contributed by atoms with van der Waals surface area (Å²) in [4.78, 5) is 8.89. The second kappa shape index (κ2) is 6.41. The van der Waals surface area contributed by atoms with Crippen molar-refractivity contribution < 1.29 is 4.74 Å². The highest BCUT2D eigenvalue weighted by atomic mass is 35.5. The molecule has 0 atom stereocenters. The van der Waals surface area contributed by atoms with Gasteiger partial charge in [0.15, 0.2) is 11.0 Å². The topological polar surface area (TPSA) is 52.0 Å². The van der Waals surface area contributed by atoms with E-state index in [1.807, 2.05) is 25.4 Å². The van der Waals surface area contributed by atoms with Crippen molar-refractivity contribution in [3.8, 4) is 0 Å². The molecule has 109 valence electrons. The van der Waals surface area contributed by atoms with Gasteiger partial charge < -0.3 is 10.2 Å². The Kier molecular flexibility index (Phi) is 4.83. The number of hydrogen-bond acceptors (Lipinski definition) is 4. The van der Waals surface area contributed by atoms with Crippen LogP contribution in [0.2, 0.25) is 5.15 Å². The molecule has 5 nitrogen and oxygen atoms in total. The van der Waals surface area contributed by atoms with Gasteiger partial charge >= 0.3 is 0 Å². The first-order valence-electron chi connectivity index (χ1n) is 6.75. The third kappa shape index (κ3) is 2.74. The molecule has 0 aliphatic carbocycles. The van der Waals surface area contributed by atoms with Gasteiger partial charge in [-0.05, 0) is 32.8 Å². The second-order valence-corrected chi connectivity index (χ2v) is 4.93. The van der Waals surface area contributed by atoms with Crippen molar-refractivity contribution in [2.45, 2.75) is 33.8 Å². The van der Waals surface area contributed by atoms with Gasteiger partial charge in [0.1, 0.15) is 12.1 Å². The molecule has 0 bridgehead atoms. The molecule has 6 heteroatoms. The average molecular weight is 296 g/mol. The number of aromatic nitrogens is 3. The van der Waals surface area contributed by atoms with Crippen LogP contribution in [-0.2, 0) is 11.3 Å². The summed E-state index contributed by atoms with van der Waals surface area (Å²) < 4.78 is 7.43. The maximum Gasteiger partial charge on any atom is 0.157 e. The van der Waals surface area contributed by atoms with Gasteiger partial charge in [-0.25, -0.2) is 14.6 Å². The minimum atomic E-state index is 0.427. The quantitative estimate of drug-likeness (QED) is 0.832. The maximum absolute atomic E-state index is 6.22. The predicted molar refractivity (Wildman–Crippen MR) is 81.5 cm³/mol. The Balaban J connectivity index is 2.60. The van der Waals surface area contributed by atoms with Crippen molar-refractivity contribution in [3.05, 3.63) is 29.2 Å². The molecule has 2 rings (SSSR count). The summed E-state index contributed by atoms with van der Waals surface area (Å²) in [6, 6.07) is 0. The number of fused-ring (bicyclic) bond motifs is 1. The fourth-order valence-corrected chi connectivity index (χ4v) is 2.32. The van der Waals surface area contributed by atoms with Crippen LogP contribution in [0.3, 0.4) is 0 Å². The smallest absolute Gasteiger partial charge is 0.157 e. The first-order valence-corrected chi connectivity index (χ1v) is 7.12. The minimum Gasteiger partial charge on any atom is -0.374 e. The first-order chi connectivity index (χ1) is 9.60. The molecule has 0 spiro atoms. The summed E-state index contributed by atoms with van der Waals surface area (Å²) in [6.45, 7) is 11.6. The molecule has 0 saturated heterocycles. The number of nitrogens with one attached hydrogen (secondary N) is 1. The number of pyridine rings is 1. The Morgan fingerprint density at radius 2 is 2.10 bits per heavy atom. The minimum absolute atomic E-state index is 0.427. The number of nitrogens with zero attached hydrogens (tertiary/aromatic N) is 3. The van der Waals surface area contributed by atoms with E-state index < -0.39 is 0 Å². The van der Waals surface area contributed by atoms with E-state index in [0.29, 0.717) is 23.9 Å². The summed E-state index contributed by atoms with van der Waals surface area (Å²) in [5.74, 6) is 0.799. The lowest BCUT2D eigenvalue weighted by Crippen LogP contribution is -2.19. The maximum atomic E-state index is 6.22. The van der Waals surface area contributed by atoms with Crippen LogP contribution in [-0.4, -0.2) is 27.8 Å². The van der Waals surface area contributed by atoms with Crippen LogP contribution in [0, 0.1) is 20.8 Å². The van der Waals surface area contributed by atoms with Crippen LogP contribution in [0.1, 0.15) is 30.4 Å². The number of ether oxygens (including phenoxy) is 1. The van der Waals surface area contributed by atoms with E-state index in [-0.39, 0.29) is 0 Å². The lowest BCUT2D eigenvalue weighted by molar-refractivity contribution is 0.127. The Labute approximate surface area is 124 Å². The van der Waals surface area contributed by atoms with Crippen LogP contribution >= 0.6 is 11.6 Å². The lowest BCUT2D eigenvalue weighted by atomic mass is 10.2. The second-order valence-electron chi connectivity index (χ2n) is 4.57. The monoisotopic (exact) mass is 295 g/mol. The van der Waals surface area contributed by atoms with Gasteiger partial charge in [-0.15, -0.1) is 0 Å². The SMILES string of the molecule is [CH2]CCNn1c(COCC)nc2c(Cl)nc(C)c(C)c21. The largest absolute Gasteiger partial charge is 0.374 e. The summed E-state index contributed by atoms with van der Waals surface area (Å²) in [5.41, 5.74) is 6.96. The number of aryl methyl sites for hydroxylation is 2. The van der Waals surface area contributed by atoms with E-state index in [0.717, 1.165) is 35.6 Å². The zero-order chi connectivity index (χ0) is 14.7. The molecule has 0 aromatic carbocycles. The van der Waals surface area contributed by atoms with Gasteiger partial charge in [-0.2, -0.15) is 0 Å². The molecule has 0 unspecified atom stereocenters. The van der Waals surface area contributed by atoms with Gasteiger partial charge in [-0.3, -0.25) is 0 Å². The van der Waals surface area contributed by atoms with Crippen LogP contribution in [0.25, 0.3) is 11.0 Å². The highest BCUT2D eigenvalue weighted by Crippen LogP contribution is 2.26. The van der Waals surface area contributed by atoms with E-state index in [1.165, 1.54) is 0 Å². The third-order valence-electron chi connectivity index (χ3n) is 3.19. The third-order valence-corrected chi connectivity index (χ3v) is 3.45. The standard InChI is InChI=1S/C14H20ClN4O/c1-5-7-16-19-11(8-20-6-2)18-12-13(19)9(3)10(4)17-14(12)15/h16H,1,5-8H2,2-4H3. The van der Waals surface area contributed by atoms with Crippen molar-refractivity contribution >= 4 is 22.6 Å². The number of rotatable bonds is 6. The van der Waals surface area contributed by atoms with Gasteiger partial charge in [0.2, 0.25) is 0 Å². The van der Waals surface area contributed by atoms with Gasteiger partial charge in [-0.1, -0.05) is 18.5 Å². The Hall–Kier alpha value is -1.33. The van der Waals surface area contributed by atoms with Gasteiger partial charge in [0.25, 0.3) is 0 Å². The fraction of sp³-hybridized carbons (Fsp3) is 0.500. The number of imidazole rings is 1. The van der Waals surface area contributed by atoms with Gasteiger partial charge in [0.05, 0.1) is 5.52 Å². The molecule has 0 aliphatic heterocycles. The van der Waals surface area contributed by atoms with Gasteiger partial charge in [0, 0.05) is 18.8 Å². The van der Waals surface area contributed by atoms with Crippen LogP contribution in [0.4, 0.5) is 0 Å². The van der Waals surface area contributed by atoms with Crippen LogP contribution in [0.15, 0.2) is 0 Å². The highest BCUT2D eigenvalue weighted by Gasteiger charge is 2.17. The van der Waals surface area contributed by atoms with Crippen LogP contribution < -0.4 is 5.43 Å². The highest BCUT2D eigenvalue weighted by molar-refractivity contribution is 6.33. The number of halogens is 1. The van der Waals surface area contributed by atoms with Crippen molar-refractivity contribution in [2.75, 3.05) is 18.6 Å². The molecular formula is C14H20ClN4O. The van der Waals surface area contributed by atoms with Crippen molar-refractivity contribution in [3.63, 3.8) is 0 Å². The average Bonchev–Trinajstić information content (AvgIpc) is 2.79. The zero-order valence-electron chi connectivity index (χ0n) is 12.2. The van der Waals surface area contributed by atoms with E-state index >= 15 is 0 Å². The molecule has 2 heterocycles. The molecular weight excluding hydrogens is 276 g/mol. The lowest BCUT2D eigenvalue weighted by Gasteiger charge is -2.13. The molecule has 0 amide bonds. The summed E-state index contributed by atoms with van der Waals surface area (Å²) in [5, 5.41) is 0.427. The normalized spacial score (nSPS) is 11.2. The van der Waals surface area contributed by atoms with E-state index in [1.54, 1.807) is 0 Å². The van der Waals surface area contributed by atoms with Crippen molar-refractivity contribution in [2.24, 2.45) is 0 Å².